The Bertz CT molecular complexity index is 1470. The predicted molar refractivity (Wildman–Crippen MR) is 121 cm³/mol. The SMILES string of the molecule is CN(Cc1nc2ccccc2c(=O)[nH]1)Cc1nc2scc(-c3cccs3)c2c(=O)[nH]1. The molecule has 9 heteroatoms. The first-order chi connectivity index (χ1) is 14.6. The Labute approximate surface area is 178 Å². The van der Waals surface area contributed by atoms with Crippen LogP contribution in [0, 0.1) is 0 Å². The summed E-state index contributed by atoms with van der Waals surface area (Å²) in [6.07, 6.45) is 0. The number of thiophene rings is 2. The van der Waals surface area contributed by atoms with E-state index in [2.05, 4.69) is 19.9 Å². The van der Waals surface area contributed by atoms with Crippen molar-refractivity contribution in [3.8, 4) is 10.4 Å². The molecular formula is C21H17N5O2S2. The summed E-state index contributed by atoms with van der Waals surface area (Å²) < 4.78 is 0. The summed E-state index contributed by atoms with van der Waals surface area (Å²) in [6, 6.07) is 11.2. The topological polar surface area (TPSA) is 94.7 Å². The van der Waals surface area contributed by atoms with Gasteiger partial charge in [0.25, 0.3) is 11.1 Å². The van der Waals surface area contributed by atoms with Crippen molar-refractivity contribution in [2.24, 2.45) is 0 Å². The van der Waals surface area contributed by atoms with Crippen LogP contribution in [0.4, 0.5) is 0 Å². The van der Waals surface area contributed by atoms with E-state index in [0.29, 0.717) is 41.0 Å². The molecule has 4 aromatic heterocycles. The zero-order chi connectivity index (χ0) is 20.7. The number of rotatable bonds is 5. The fraction of sp³-hybridized carbons (Fsp3) is 0.143. The first-order valence-corrected chi connectivity index (χ1v) is 11.0. The van der Waals surface area contributed by atoms with Crippen LogP contribution in [-0.4, -0.2) is 31.9 Å². The standard InChI is InChI=1S/C21H17N5O2S2/c1-26(9-16-22-14-6-3-2-5-12(14)19(27)23-16)10-17-24-20(28)18-13(11-30-21(18)25-17)15-7-4-8-29-15/h2-8,11H,9-10H2,1H3,(H,22,23,27)(H,24,25,28). The fourth-order valence-electron chi connectivity index (χ4n) is 3.46. The number of para-hydroxylation sites is 1. The number of hydrogen-bond donors (Lipinski definition) is 2. The number of fused-ring (bicyclic) bond motifs is 2. The molecule has 0 bridgehead atoms. The Morgan fingerprint density at radius 1 is 0.933 bits per heavy atom. The summed E-state index contributed by atoms with van der Waals surface area (Å²) in [7, 11) is 1.89. The monoisotopic (exact) mass is 435 g/mol. The first kappa shape index (κ1) is 18.9. The van der Waals surface area contributed by atoms with Crippen LogP contribution >= 0.6 is 22.7 Å². The molecule has 0 saturated heterocycles. The van der Waals surface area contributed by atoms with Gasteiger partial charge in [0.1, 0.15) is 16.5 Å². The van der Waals surface area contributed by atoms with Gasteiger partial charge in [-0.1, -0.05) is 18.2 Å². The van der Waals surface area contributed by atoms with Gasteiger partial charge < -0.3 is 9.97 Å². The van der Waals surface area contributed by atoms with Gasteiger partial charge in [-0.2, -0.15) is 0 Å². The second-order valence-corrected chi connectivity index (χ2v) is 8.83. The molecule has 150 valence electrons. The van der Waals surface area contributed by atoms with Crippen molar-refractivity contribution in [2.45, 2.75) is 13.1 Å². The summed E-state index contributed by atoms with van der Waals surface area (Å²) in [5.41, 5.74) is 1.30. The molecule has 0 atom stereocenters. The van der Waals surface area contributed by atoms with Crippen molar-refractivity contribution in [1.82, 2.24) is 24.8 Å². The molecule has 7 nitrogen and oxygen atoms in total. The highest BCUT2D eigenvalue weighted by molar-refractivity contribution is 7.18. The average Bonchev–Trinajstić information content (AvgIpc) is 3.37. The Balaban J connectivity index is 1.40. The van der Waals surface area contributed by atoms with E-state index in [1.807, 2.05) is 53.0 Å². The van der Waals surface area contributed by atoms with Gasteiger partial charge in [0, 0.05) is 15.8 Å². The van der Waals surface area contributed by atoms with E-state index < -0.39 is 0 Å². The Morgan fingerprint density at radius 2 is 1.70 bits per heavy atom. The second kappa shape index (κ2) is 7.60. The second-order valence-electron chi connectivity index (χ2n) is 7.02. The third kappa shape index (κ3) is 3.47. The number of aromatic nitrogens is 4. The summed E-state index contributed by atoms with van der Waals surface area (Å²) in [5.74, 6) is 1.15. The highest BCUT2D eigenvalue weighted by atomic mass is 32.1. The average molecular weight is 436 g/mol. The van der Waals surface area contributed by atoms with Crippen molar-refractivity contribution in [3.63, 3.8) is 0 Å². The van der Waals surface area contributed by atoms with E-state index in [4.69, 9.17) is 0 Å². The lowest BCUT2D eigenvalue weighted by atomic mass is 10.2. The number of nitrogens with one attached hydrogen (secondary N) is 2. The molecule has 1 aromatic carbocycles. The Hall–Kier alpha value is -3.14. The van der Waals surface area contributed by atoms with Crippen molar-refractivity contribution in [2.75, 3.05) is 7.05 Å². The third-order valence-electron chi connectivity index (χ3n) is 4.78. The molecule has 4 heterocycles. The zero-order valence-electron chi connectivity index (χ0n) is 16.0. The van der Waals surface area contributed by atoms with E-state index >= 15 is 0 Å². The normalized spacial score (nSPS) is 11.7. The van der Waals surface area contributed by atoms with Gasteiger partial charge in [0.2, 0.25) is 0 Å². The molecule has 0 saturated carbocycles. The largest absolute Gasteiger partial charge is 0.309 e. The van der Waals surface area contributed by atoms with Gasteiger partial charge in [0.15, 0.2) is 0 Å². The van der Waals surface area contributed by atoms with Crippen molar-refractivity contribution in [1.29, 1.82) is 0 Å². The summed E-state index contributed by atoms with van der Waals surface area (Å²) >= 11 is 3.08. The van der Waals surface area contributed by atoms with Gasteiger partial charge in [-0.3, -0.25) is 14.5 Å². The fourth-order valence-corrected chi connectivity index (χ4v) is 5.24. The minimum Gasteiger partial charge on any atom is -0.309 e. The molecule has 0 aliphatic heterocycles. The molecule has 0 spiro atoms. The number of benzene rings is 1. The molecule has 0 unspecified atom stereocenters. The van der Waals surface area contributed by atoms with Crippen LogP contribution in [0.1, 0.15) is 11.6 Å². The minimum atomic E-state index is -0.156. The van der Waals surface area contributed by atoms with Crippen LogP contribution in [0.2, 0.25) is 0 Å². The molecule has 0 aliphatic rings. The van der Waals surface area contributed by atoms with Gasteiger partial charge in [-0.05, 0) is 30.6 Å². The maximum Gasteiger partial charge on any atom is 0.260 e. The van der Waals surface area contributed by atoms with Gasteiger partial charge in [-0.25, -0.2) is 9.97 Å². The quantitative estimate of drug-likeness (QED) is 0.440. The summed E-state index contributed by atoms with van der Waals surface area (Å²) in [6.45, 7) is 0.848. The van der Waals surface area contributed by atoms with E-state index in [-0.39, 0.29) is 11.1 Å². The van der Waals surface area contributed by atoms with Crippen LogP contribution in [-0.2, 0) is 13.1 Å². The van der Waals surface area contributed by atoms with Crippen molar-refractivity contribution < 1.29 is 0 Å². The van der Waals surface area contributed by atoms with Gasteiger partial charge in [0.05, 0.1) is 29.4 Å². The minimum absolute atomic E-state index is 0.134. The van der Waals surface area contributed by atoms with E-state index in [0.717, 1.165) is 15.3 Å². The lowest BCUT2D eigenvalue weighted by Crippen LogP contribution is -2.24. The predicted octanol–water partition coefficient (Wildman–Crippen LogP) is 3.58. The number of nitrogens with zero attached hydrogens (tertiary/aromatic N) is 3. The Morgan fingerprint density at radius 3 is 2.50 bits per heavy atom. The van der Waals surface area contributed by atoms with Crippen LogP contribution in [0.15, 0.2) is 56.7 Å². The number of hydrogen-bond acceptors (Lipinski definition) is 7. The number of H-pyrrole nitrogens is 2. The lowest BCUT2D eigenvalue weighted by Gasteiger charge is -2.15. The first-order valence-electron chi connectivity index (χ1n) is 9.29. The smallest absolute Gasteiger partial charge is 0.260 e. The molecule has 0 radical (unpaired) electrons. The van der Waals surface area contributed by atoms with Crippen LogP contribution < -0.4 is 11.1 Å². The molecule has 5 aromatic rings. The molecule has 0 aliphatic carbocycles. The zero-order valence-corrected chi connectivity index (χ0v) is 17.6. The molecule has 0 fully saturated rings. The summed E-state index contributed by atoms with van der Waals surface area (Å²) in [5, 5.41) is 5.18. The molecule has 0 amide bonds. The molecule has 5 rings (SSSR count). The molecular weight excluding hydrogens is 418 g/mol. The van der Waals surface area contributed by atoms with Crippen LogP contribution in [0.25, 0.3) is 31.6 Å². The Kier molecular flexibility index (Phi) is 4.78. The molecule has 30 heavy (non-hydrogen) atoms. The maximum absolute atomic E-state index is 12.7. The van der Waals surface area contributed by atoms with E-state index in [1.54, 1.807) is 17.4 Å². The highest BCUT2D eigenvalue weighted by Gasteiger charge is 2.15. The third-order valence-corrected chi connectivity index (χ3v) is 6.56. The van der Waals surface area contributed by atoms with Crippen molar-refractivity contribution in [3.05, 3.63) is 79.5 Å². The maximum atomic E-state index is 12.7. The van der Waals surface area contributed by atoms with Crippen molar-refractivity contribution >= 4 is 43.8 Å². The van der Waals surface area contributed by atoms with Crippen LogP contribution in [0.5, 0.6) is 0 Å². The van der Waals surface area contributed by atoms with E-state index in [1.165, 1.54) is 11.3 Å². The molecule has 2 N–H and O–H groups in total. The van der Waals surface area contributed by atoms with Gasteiger partial charge >= 0.3 is 0 Å². The number of aromatic amines is 2. The summed E-state index contributed by atoms with van der Waals surface area (Å²) in [4.78, 5) is 43.7. The van der Waals surface area contributed by atoms with Gasteiger partial charge in [-0.15, -0.1) is 22.7 Å². The highest BCUT2D eigenvalue weighted by Crippen LogP contribution is 2.33. The van der Waals surface area contributed by atoms with E-state index in [9.17, 15) is 9.59 Å². The van der Waals surface area contributed by atoms with Crippen LogP contribution in [0.3, 0.4) is 0 Å². The lowest BCUT2D eigenvalue weighted by molar-refractivity contribution is 0.303.